The zero-order chi connectivity index (χ0) is 13.0. The standard InChI is InChI=1S/C12H16N4O2/c1-2-5-16-8-9(6-11(16)17)12(18)15-7-10-13-3-4-14-10/h2-4,9H,1,5-8H2,(H,13,14)(H,15,18). The average molecular weight is 248 g/mol. The van der Waals surface area contributed by atoms with Crippen molar-refractivity contribution < 1.29 is 9.59 Å². The maximum Gasteiger partial charge on any atom is 0.225 e. The number of carbonyl (C=O) groups excluding carboxylic acids is 2. The van der Waals surface area contributed by atoms with Crippen LogP contribution in [0.5, 0.6) is 0 Å². The summed E-state index contributed by atoms with van der Waals surface area (Å²) in [5.74, 6) is 0.336. The molecule has 1 unspecified atom stereocenters. The van der Waals surface area contributed by atoms with E-state index in [9.17, 15) is 9.59 Å². The summed E-state index contributed by atoms with van der Waals surface area (Å²) in [4.78, 5) is 32.0. The number of nitrogens with zero attached hydrogens (tertiary/aromatic N) is 2. The Morgan fingerprint density at radius 2 is 2.56 bits per heavy atom. The number of hydrogen-bond acceptors (Lipinski definition) is 3. The van der Waals surface area contributed by atoms with Crippen LogP contribution >= 0.6 is 0 Å². The van der Waals surface area contributed by atoms with E-state index >= 15 is 0 Å². The smallest absolute Gasteiger partial charge is 0.225 e. The molecular formula is C12H16N4O2. The van der Waals surface area contributed by atoms with E-state index in [4.69, 9.17) is 0 Å². The molecule has 18 heavy (non-hydrogen) atoms. The Morgan fingerprint density at radius 3 is 3.22 bits per heavy atom. The van der Waals surface area contributed by atoms with E-state index < -0.39 is 0 Å². The van der Waals surface area contributed by atoms with Crippen LogP contribution < -0.4 is 5.32 Å². The van der Waals surface area contributed by atoms with E-state index in [0.717, 1.165) is 0 Å². The second kappa shape index (κ2) is 5.48. The normalized spacial score (nSPS) is 19.0. The van der Waals surface area contributed by atoms with Gasteiger partial charge >= 0.3 is 0 Å². The zero-order valence-electron chi connectivity index (χ0n) is 10.1. The minimum Gasteiger partial charge on any atom is -0.349 e. The third kappa shape index (κ3) is 2.77. The molecule has 1 aromatic heterocycles. The summed E-state index contributed by atoms with van der Waals surface area (Å²) in [6.45, 7) is 4.92. The van der Waals surface area contributed by atoms with Gasteiger partial charge in [-0.05, 0) is 0 Å². The molecule has 1 aliphatic heterocycles. The summed E-state index contributed by atoms with van der Waals surface area (Å²) in [5, 5.41) is 2.77. The van der Waals surface area contributed by atoms with E-state index in [0.29, 0.717) is 25.5 Å². The largest absolute Gasteiger partial charge is 0.349 e. The second-order valence-corrected chi connectivity index (χ2v) is 4.24. The Bertz CT molecular complexity index is 441. The van der Waals surface area contributed by atoms with E-state index in [-0.39, 0.29) is 24.2 Å². The van der Waals surface area contributed by atoms with Gasteiger partial charge in [0.15, 0.2) is 0 Å². The second-order valence-electron chi connectivity index (χ2n) is 4.24. The van der Waals surface area contributed by atoms with Crippen LogP contribution in [0.1, 0.15) is 12.2 Å². The number of aromatic nitrogens is 2. The third-order valence-corrected chi connectivity index (χ3v) is 2.92. The van der Waals surface area contributed by atoms with Gasteiger partial charge in [-0.3, -0.25) is 9.59 Å². The van der Waals surface area contributed by atoms with Gasteiger partial charge in [0.1, 0.15) is 5.82 Å². The maximum atomic E-state index is 11.9. The molecule has 1 fully saturated rings. The Balaban J connectivity index is 1.83. The highest BCUT2D eigenvalue weighted by Crippen LogP contribution is 2.17. The lowest BCUT2D eigenvalue weighted by atomic mass is 10.1. The van der Waals surface area contributed by atoms with Crippen LogP contribution in [0.25, 0.3) is 0 Å². The van der Waals surface area contributed by atoms with Crippen molar-refractivity contribution in [2.45, 2.75) is 13.0 Å². The van der Waals surface area contributed by atoms with Gasteiger partial charge in [-0.15, -0.1) is 6.58 Å². The number of carbonyl (C=O) groups is 2. The fraction of sp³-hybridized carbons (Fsp3) is 0.417. The summed E-state index contributed by atoms with van der Waals surface area (Å²) < 4.78 is 0. The van der Waals surface area contributed by atoms with Crippen LogP contribution in [0, 0.1) is 5.92 Å². The van der Waals surface area contributed by atoms with E-state index in [1.807, 2.05) is 0 Å². The van der Waals surface area contributed by atoms with Gasteiger partial charge < -0.3 is 15.2 Å². The van der Waals surface area contributed by atoms with Crippen LogP contribution in [0.3, 0.4) is 0 Å². The SMILES string of the molecule is C=CCN1CC(C(=O)NCc2ncc[nH]2)CC1=O. The van der Waals surface area contributed by atoms with Crippen LogP contribution in [-0.4, -0.2) is 39.8 Å². The maximum absolute atomic E-state index is 11.9. The molecule has 1 saturated heterocycles. The molecule has 2 rings (SSSR count). The number of nitrogens with one attached hydrogen (secondary N) is 2. The lowest BCUT2D eigenvalue weighted by Gasteiger charge is -2.13. The molecule has 1 aromatic rings. The van der Waals surface area contributed by atoms with Crippen molar-refractivity contribution in [2.24, 2.45) is 5.92 Å². The first-order valence-electron chi connectivity index (χ1n) is 5.85. The van der Waals surface area contributed by atoms with Crippen molar-refractivity contribution in [1.82, 2.24) is 20.2 Å². The Labute approximate surface area is 105 Å². The molecule has 6 nitrogen and oxygen atoms in total. The Morgan fingerprint density at radius 1 is 1.72 bits per heavy atom. The third-order valence-electron chi connectivity index (χ3n) is 2.92. The summed E-state index contributed by atoms with van der Waals surface area (Å²) >= 11 is 0. The fourth-order valence-electron chi connectivity index (χ4n) is 1.99. The van der Waals surface area contributed by atoms with Crippen molar-refractivity contribution in [3.8, 4) is 0 Å². The molecule has 1 aliphatic rings. The van der Waals surface area contributed by atoms with E-state index in [1.54, 1.807) is 23.4 Å². The molecule has 0 aliphatic carbocycles. The highest BCUT2D eigenvalue weighted by molar-refractivity contribution is 5.89. The van der Waals surface area contributed by atoms with Gasteiger partial charge in [-0.2, -0.15) is 0 Å². The molecule has 0 spiro atoms. The monoisotopic (exact) mass is 248 g/mol. The van der Waals surface area contributed by atoms with Crippen molar-refractivity contribution >= 4 is 11.8 Å². The highest BCUT2D eigenvalue weighted by Gasteiger charge is 2.33. The van der Waals surface area contributed by atoms with Crippen molar-refractivity contribution in [3.63, 3.8) is 0 Å². The summed E-state index contributed by atoms with van der Waals surface area (Å²) in [6, 6.07) is 0. The predicted octanol–water partition coefficient (Wildman–Crippen LogP) is 0.0604. The highest BCUT2D eigenvalue weighted by atomic mass is 16.2. The molecule has 0 radical (unpaired) electrons. The summed E-state index contributed by atoms with van der Waals surface area (Å²) in [7, 11) is 0. The fourth-order valence-corrected chi connectivity index (χ4v) is 1.99. The van der Waals surface area contributed by atoms with Crippen LogP contribution in [0.4, 0.5) is 0 Å². The van der Waals surface area contributed by atoms with Gasteiger partial charge in [0.05, 0.1) is 12.5 Å². The van der Waals surface area contributed by atoms with Crippen LogP contribution in [0.15, 0.2) is 25.0 Å². The van der Waals surface area contributed by atoms with Crippen LogP contribution in [0.2, 0.25) is 0 Å². The molecule has 6 heteroatoms. The molecule has 0 saturated carbocycles. The topological polar surface area (TPSA) is 78.1 Å². The molecule has 2 heterocycles. The summed E-state index contributed by atoms with van der Waals surface area (Å²) in [5.41, 5.74) is 0. The average Bonchev–Trinajstić information content (AvgIpc) is 2.97. The number of hydrogen-bond donors (Lipinski definition) is 2. The number of H-pyrrole nitrogens is 1. The lowest BCUT2D eigenvalue weighted by Crippen LogP contribution is -2.32. The number of rotatable bonds is 5. The number of amides is 2. The first-order valence-corrected chi connectivity index (χ1v) is 5.85. The molecule has 0 bridgehead atoms. The van der Waals surface area contributed by atoms with Gasteiger partial charge in [-0.1, -0.05) is 6.08 Å². The molecule has 2 amide bonds. The number of aromatic amines is 1. The van der Waals surface area contributed by atoms with Crippen molar-refractivity contribution in [2.75, 3.05) is 13.1 Å². The summed E-state index contributed by atoms with van der Waals surface area (Å²) in [6.07, 6.45) is 5.28. The van der Waals surface area contributed by atoms with Gasteiger partial charge in [0, 0.05) is 31.9 Å². The van der Waals surface area contributed by atoms with Crippen LogP contribution in [-0.2, 0) is 16.1 Å². The Hall–Kier alpha value is -2.11. The van der Waals surface area contributed by atoms with E-state index in [2.05, 4.69) is 21.9 Å². The first-order chi connectivity index (χ1) is 8.70. The molecule has 96 valence electrons. The number of imidazole rings is 1. The van der Waals surface area contributed by atoms with Crippen molar-refractivity contribution in [1.29, 1.82) is 0 Å². The predicted molar refractivity (Wildman–Crippen MR) is 65.3 cm³/mol. The number of likely N-dealkylation sites (tertiary alicyclic amines) is 1. The molecule has 0 aromatic carbocycles. The minimum atomic E-state index is -0.271. The van der Waals surface area contributed by atoms with Crippen molar-refractivity contribution in [3.05, 3.63) is 30.9 Å². The first kappa shape index (κ1) is 12.3. The molecular weight excluding hydrogens is 232 g/mol. The Kier molecular flexibility index (Phi) is 3.76. The zero-order valence-corrected chi connectivity index (χ0v) is 10.1. The van der Waals surface area contributed by atoms with Gasteiger partial charge in [0.2, 0.25) is 11.8 Å². The molecule has 1 atom stereocenters. The van der Waals surface area contributed by atoms with Gasteiger partial charge in [0.25, 0.3) is 0 Å². The quantitative estimate of drug-likeness (QED) is 0.723. The minimum absolute atomic E-state index is 0.00745. The van der Waals surface area contributed by atoms with E-state index in [1.165, 1.54) is 0 Å². The van der Waals surface area contributed by atoms with Gasteiger partial charge in [-0.25, -0.2) is 4.98 Å². The lowest BCUT2D eigenvalue weighted by molar-refractivity contribution is -0.128. The molecule has 2 N–H and O–H groups in total.